The standard InChI is InChI=1S/C22H18O3/c23-12-13-24-22-20-9-5-4-6-16(20)14-17-10-11-19(15-21(17)22)25-18-7-2-1-3-8-18/h1-11,14-15,23H,12-13H2. The van der Waals surface area contributed by atoms with Crippen LogP contribution < -0.4 is 9.47 Å². The molecule has 0 saturated heterocycles. The SMILES string of the molecule is OCCOc1c2ccccc2cc2ccc(Oc3ccccc3)cc12. The van der Waals surface area contributed by atoms with Crippen molar-refractivity contribution in [2.24, 2.45) is 0 Å². The van der Waals surface area contributed by atoms with Gasteiger partial charge in [-0.3, -0.25) is 0 Å². The fourth-order valence-corrected chi connectivity index (χ4v) is 2.99. The molecular weight excluding hydrogens is 312 g/mol. The molecule has 0 unspecified atom stereocenters. The van der Waals surface area contributed by atoms with Crippen LogP contribution in [0.1, 0.15) is 0 Å². The van der Waals surface area contributed by atoms with Crippen LogP contribution in [0, 0.1) is 0 Å². The first kappa shape index (κ1) is 15.5. The van der Waals surface area contributed by atoms with Crippen LogP contribution in [-0.4, -0.2) is 18.3 Å². The fraction of sp³-hybridized carbons (Fsp3) is 0.0909. The minimum Gasteiger partial charge on any atom is -0.490 e. The number of fused-ring (bicyclic) bond motifs is 2. The Bertz CT molecular complexity index is 1010. The molecule has 0 aliphatic rings. The summed E-state index contributed by atoms with van der Waals surface area (Å²) in [7, 11) is 0. The second-order valence-corrected chi connectivity index (χ2v) is 5.80. The van der Waals surface area contributed by atoms with Crippen molar-refractivity contribution in [2.75, 3.05) is 13.2 Å². The van der Waals surface area contributed by atoms with Crippen LogP contribution in [0.15, 0.2) is 78.9 Å². The van der Waals surface area contributed by atoms with E-state index in [-0.39, 0.29) is 13.2 Å². The average Bonchev–Trinajstić information content (AvgIpc) is 2.66. The number of hydrogen-bond donors (Lipinski definition) is 1. The van der Waals surface area contributed by atoms with E-state index in [1.807, 2.05) is 66.7 Å². The zero-order chi connectivity index (χ0) is 17.1. The van der Waals surface area contributed by atoms with Gasteiger partial charge in [-0.2, -0.15) is 0 Å². The maximum Gasteiger partial charge on any atom is 0.135 e. The Morgan fingerprint density at radius 3 is 2.28 bits per heavy atom. The Morgan fingerprint density at radius 1 is 0.680 bits per heavy atom. The zero-order valence-electron chi connectivity index (χ0n) is 13.7. The lowest BCUT2D eigenvalue weighted by Gasteiger charge is -2.14. The van der Waals surface area contributed by atoms with Gasteiger partial charge >= 0.3 is 0 Å². The molecule has 0 spiro atoms. The van der Waals surface area contributed by atoms with Crippen molar-refractivity contribution in [3.63, 3.8) is 0 Å². The quantitative estimate of drug-likeness (QED) is 0.514. The molecule has 0 heterocycles. The number of hydrogen-bond acceptors (Lipinski definition) is 3. The van der Waals surface area contributed by atoms with Gasteiger partial charge in [0.05, 0.1) is 6.61 Å². The van der Waals surface area contributed by atoms with Crippen molar-refractivity contribution in [1.82, 2.24) is 0 Å². The Morgan fingerprint density at radius 2 is 1.44 bits per heavy atom. The number of aliphatic hydroxyl groups excluding tert-OH is 1. The number of aliphatic hydroxyl groups is 1. The van der Waals surface area contributed by atoms with Crippen LogP contribution in [0.3, 0.4) is 0 Å². The molecule has 3 nitrogen and oxygen atoms in total. The highest BCUT2D eigenvalue weighted by atomic mass is 16.5. The Labute approximate surface area is 146 Å². The molecule has 0 bridgehead atoms. The zero-order valence-corrected chi connectivity index (χ0v) is 13.7. The molecule has 1 N–H and O–H groups in total. The highest BCUT2D eigenvalue weighted by Gasteiger charge is 2.10. The van der Waals surface area contributed by atoms with E-state index in [1.165, 1.54) is 0 Å². The lowest BCUT2D eigenvalue weighted by molar-refractivity contribution is 0.204. The molecule has 0 atom stereocenters. The monoisotopic (exact) mass is 330 g/mol. The van der Waals surface area contributed by atoms with E-state index in [2.05, 4.69) is 12.1 Å². The molecule has 0 aliphatic carbocycles. The van der Waals surface area contributed by atoms with Crippen LogP contribution in [0.5, 0.6) is 17.2 Å². The minimum atomic E-state index is -0.0229. The first-order valence-corrected chi connectivity index (χ1v) is 8.27. The van der Waals surface area contributed by atoms with Gasteiger partial charge in [-0.15, -0.1) is 0 Å². The van der Waals surface area contributed by atoms with E-state index in [0.717, 1.165) is 38.8 Å². The first-order chi connectivity index (χ1) is 12.3. The van der Waals surface area contributed by atoms with Crippen molar-refractivity contribution >= 4 is 21.5 Å². The summed E-state index contributed by atoms with van der Waals surface area (Å²) in [5.74, 6) is 2.32. The Kier molecular flexibility index (Phi) is 4.23. The lowest BCUT2D eigenvalue weighted by Crippen LogP contribution is -2.02. The van der Waals surface area contributed by atoms with Crippen LogP contribution in [0.2, 0.25) is 0 Å². The third kappa shape index (κ3) is 3.14. The molecule has 124 valence electrons. The van der Waals surface area contributed by atoms with Crippen molar-refractivity contribution in [2.45, 2.75) is 0 Å². The minimum absolute atomic E-state index is 0.0229. The summed E-state index contributed by atoms with van der Waals surface area (Å²) < 4.78 is 11.8. The summed E-state index contributed by atoms with van der Waals surface area (Å²) in [4.78, 5) is 0. The van der Waals surface area contributed by atoms with E-state index >= 15 is 0 Å². The molecule has 0 aliphatic heterocycles. The third-order valence-corrected chi connectivity index (χ3v) is 4.10. The van der Waals surface area contributed by atoms with Crippen molar-refractivity contribution < 1.29 is 14.6 Å². The second-order valence-electron chi connectivity index (χ2n) is 5.80. The highest BCUT2D eigenvalue weighted by Crippen LogP contribution is 2.37. The van der Waals surface area contributed by atoms with Crippen LogP contribution in [-0.2, 0) is 0 Å². The molecule has 0 saturated carbocycles. The van der Waals surface area contributed by atoms with E-state index in [1.54, 1.807) is 0 Å². The Hall–Kier alpha value is -3.04. The number of rotatable bonds is 5. The van der Waals surface area contributed by atoms with Crippen LogP contribution >= 0.6 is 0 Å². The van der Waals surface area contributed by atoms with E-state index in [9.17, 15) is 5.11 Å². The van der Waals surface area contributed by atoms with E-state index in [4.69, 9.17) is 9.47 Å². The summed E-state index contributed by atoms with van der Waals surface area (Å²) in [6.45, 7) is 0.234. The molecule has 3 heteroatoms. The molecule has 0 fully saturated rings. The Balaban J connectivity index is 1.85. The summed E-state index contributed by atoms with van der Waals surface area (Å²) >= 11 is 0. The van der Waals surface area contributed by atoms with Crippen LogP contribution in [0.4, 0.5) is 0 Å². The summed E-state index contributed by atoms with van der Waals surface area (Å²) in [5.41, 5.74) is 0. The van der Waals surface area contributed by atoms with E-state index < -0.39 is 0 Å². The predicted octanol–water partition coefficient (Wildman–Crippen LogP) is 5.16. The average molecular weight is 330 g/mol. The summed E-state index contributed by atoms with van der Waals surface area (Å²) in [6.07, 6.45) is 0. The van der Waals surface area contributed by atoms with Crippen molar-refractivity contribution in [1.29, 1.82) is 0 Å². The molecule has 4 aromatic rings. The van der Waals surface area contributed by atoms with Gasteiger partial charge in [0.2, 0.25) is 0 Å². The lowest BCUT2D eigenvalue weighted by atomic mass is 10.0. The number of para-hydroxylation sites is 1. The maximum absolute atomic E-state index is 9.17. The maximum atomic E-state index is 9.17. The number of benzene rings is 4. The molecule has 0 aromatic heterocycles. The third-order valence-electron chi connectivity index (χ3n) is 4.10. The molecule has 0 radical (unpaired) electrons. The predicted molar refractivity (Wildman–Crippen MR) is 101 cm³/mol. The molecule has 0 amide bonds. The van der Waals surface area contributed by atoms with Gasteiger partial charge in [0, 0.05) is 10.8 Å². The summed E-state index contributed by atoms with van der Waals surface area (Å²) in [6, 6.07) is 25.9. The van der Waals surface area contributed by atoms with Gasteiger partial charge in [0.25, 0.3) is 0 Å². The fourth-order valence-electron chi connectivity index (χ4n) is 2.99. The van der Waals surface area contributed by atoms with Crippen molar-refractivity contribution in [3.8, 4) is 17.2 Å². The number of ether oxygens (including phenoxy) is 2. The molecule has 4 rings (SSSR count). The highest BCUT2D eigenvalue weighted by molar-refractivity contribution is 6.05. The van der Waals surface area contributed by atoms with Gasteiger partial charge < -0.3 is 14.6 Å². The first-order valence-electron chi connectivity index (χ1n) is 8.27. The molecule has 25 heavy (non-hydrogen) atoms. The van der Waals surface area contributed by atoms with Gasteiger partial charge in [0.15, 0.2) is 0 Å². The largest absolute Gasteiger partial charge is 0.490 e. The smallest absolute Gasteiger partial charge is 0.135 e. The second kappa shape index (κ2) is 6.83. The van der Waals surface area contributed by atoms with Gasteiger partial charge in [-0.05, 0) is 41.1 Å². The molecule has 4 aromatic carbocycles. The van der Waals surface area contributed by atoms with Gasteiger partial charge in [-0.25, -0.2) is 0 Å². The van der Waals surface area contributed by atoms with Gasteiger partial charge in [-0.1, -0.05) is 48.5 Å². The van der Waals surface area contributed by atoms with Crippen LogP contribution in [0.25, 0.3) is 21.5 Å². The molecular formula is C22H18O3. The van der Waals surface area contributed by atoms with E-state index in [0.29, 0.717) is 0 Å². The topological polar surface area (TPSA) is 38.7 Å². The normalized spacial score (nSPS) is 10.9. The van der Waals surface area contributed by atoms with Gasteiger partial charge in [0.1, 0.15) is 23.9 Å². The van der Waals surface area contributed by atoms with Crippen molar-refractivity contribution in [3.05, 3.63) is 78.9 Å². The summed E-state index contributed by atoms with van der Waals surface area (Å²) in [5, 5.41) is 13.4.